The van der Waals surface area contributed by atoms with Crippen molar-refractivity contribution in [1.82, 2.24) is 20.2 Å². The summed E-state index contributed by atoms with van der Waals surface area (Å²) in [6.07, 6.45) is 0.376. The van der Waals surface area contributed by atoms with Gasteiger partial charge in [-0.1, -0.05) is 0 Å². The number of carbonyl (C=O) groups excluding carboxylic acids is 3. The van der Waals surface area contributed by atoms with Crippen molar-refractivity contribution >= 4 is 50.7 Å². The molecule has 0 saturated carbocycles. The number of imidazole rings is 1. The zero-order chi connectivity index (χ0) is 19.0. The lowest BCUT2D eigenvalue weighted by atomic mass is 10.1. The SMILES string of the molecule is Cc1nc2c(C(=O)NC3CCC(=O)NC3=O)ccc(Br)c2n1CC(=O)O. The maximum absolute atomic E-state index is 12.7. The van der Waals surface area contributed by atoms with Gasteiger partial charge in [-0.05, 0) is 41.4 Å². The van der Waals surface area contributed by atoms with Gasteiger partial charge in [-0.3, -0.25) is 24.5 Å². The van der Waals surface area contributed by atoms with Gasteiger partial charge in [-0.25, -0.2) is 4.98 Å². The number of fused-ring (bicyclic) bond motifs is 1. The van der Waals surface area contributed by atoms with Crippen LogP contribution in [-0.4, -0.2) is 44.4 Å². The zero-order valence-corrected chi connectivity index (χ0v) is 15.3. The Kier molecular flexibility index (Phi) is 4.77. The summed E-state index contributed by atoms with van der Waals surface area (Å²) in [7, 11) is 0. The number of aryl methyl sites for hydroxylation is 1. The van der Waals surface area contributed by atoms with Crippen LogP contribution in [0, 0.1) is 6.92 Å². The van der Waals surface area contributed by atoms with Crippen LogP contribution in [0.1, 0.15) is 29.0 Å². The molecule has 0 aliphatic carbocycles. The molecule has 0 bridgehead atoms. The number of aliphatic carboxylic acids is 1. The van der Waals surface area contributed by atoms with Crippen molar-refractivity contribution in [1.29, 1.82) is 0 Å². The van der Waals surface area contributed by atoms with Crippen LogP contribution < -0.4 is 10.6 Å². The molecule has 1 aliphatic rings. The van der Waals surface area contributed by atoms with E-state index in [1.807, 2.05) is 0 Å². The summed E-state index contributed by atoms with van der Waals surface area (Å²) < 4.78 is 2.09. The van der Waals surface area contributed by atoms with Crippen molar-refractivity contribution in [3.8, 4) is 0 Å². The fourth-order valence-corrected chi connectivity index (χ4v) is 3.42. The van der Waals surface area contributed by atoms with E-state index in [1.165, 1.54) is 4.57 Å². The Morgan fingerprint density at radius 1 is 1.42 bits per heavy atom. The van der Waals surface area contributed by atoms with Crippen LogP contribution in [0.3, 0.4) is 0 Å². The number of hydrogen-bond acceptors (Lipinski definition) is 5. The number of aromatic nitrogens is 2. The summed E-state index contributed by atoms with van der Waals surface area (Å²) in [5.41, 5.74) is 1.05. The van der Waals surface area contributed by atoms with Gasteiger partial charge in [0.2, 0.25) is 11.8 Å². The number of carbonyl (C=O) groups is 4. The lowest BCUT2D eigenvalue weighted by Crippen LogP contribution is -2.52. The Balaban J connectivity index is 1.96. The molecule has 1 atom stereocenters. The van der Waals surface area contributed by atoms with Gasteiger partial charge in [-0.15, -0.1) is 0 Å². The summed E-state index contributed by atoms with van der Waals surface area (Å²) in [6, 6.07) is 2.37. The summed E-state index contributed by atoms with van der Waals surface area (Å²) in [5.74, 6) is -2.01. The molecule has 2 aromatic rings. The van der Waals surface area contributed by atoms with Crippen molar-refractivity contribution < 1.29 is 24.3 Å². The average Bonchev–Trinajstić information content (AvgIpc) is 2.87. The average molecular weight is 423 g/mol. The lowest BCUT2D eigenvalue weighted by Gasteiger charge is -2.21. The quantitative estimate of drug-likeness (QED) is 0.622. The molecular weight excluding hydrogens is 408 g/mol. The van der Waals surface area contributed by atoms with E-state index in [0.717, 1.165) is 0 Å². The monoisotopic (exact) mass is 422 g/mol. The topological polar surface area (TPSA) is 130 Å². The second kappa shape index (κ2) is 6.87. The van der Waals surface area contributed by atoms with Gasteiger partial charge in [0.25, 0.3) is 5.91 Å². The molecule has 1 aromatic heterocycles. The predicted octanol–water partition coefficient (Wildman–Crippen LogP) is 0.727. The van der Waals surface area contributed by atoms with Crippen molar-refractivity contribution in [2.45, 2.75) is 32.4 Å². The molecule has 1 unspecified atom stereocenters. The second-order valence-electron chi connectivity index (χ2n) is 5.91. The number of nitrogens with one attached hydrogen (secondary N) is 2. The normalized spacial score (nSPS) is 17.2. The molecule has 1 saturated heterocycles. The molecule has 0 spiro atoms. The molecular formula is C16H15BrN4O5. The third-order valence-corrected chi connectivity index (χ3v) is 4.76. The van der Waals surface area contributed by atoms with Crippen LogP contribution in [-0.2, 0) is 20.9 Å². The third kappa shape index (κ3) is 3.32. The number of imide groups is 1. The molecule has 1 aromatic carbocycles. The minimum Gasteiger partial charge on any atom is -0.480 e. The molecule has 1 fully saturated rings. The molecule has 9 nitrogen and oxygen atoms in total. The van der Waals surface area contributed by atoms with Gasteiger partial charge in [0.15, 0.2) is 0 Å². The fraction of sp³-hybridized carbons (Fsp3) is 0.312. The van der Waals surface area contributed by atoms with Crippen molar-refractivity contribution in [3.05, 3.63) is 28.0 Å². The molecule has 1 aliphatic heterocycles. The van der Waals surface area contributed by atoms with E-state index in [2.05, 4.69) is 31.5 Å². The van der Waals surface area contributed by atoms with Crippen LogP contribution in [0.2, 0.25) is 0 Å². The van der Waals surface area contributed by atoms with Crippen LogP contribution in [0.15, 0.2) is 16.6 Å². The Morgan fingerprint density at radius 2 is 2.15 bits per heavy atom. The highest BCUT2D eigenvalue weighted by atomic mass is 79.9. The molecule has 3 amide bonds. The minimum atomic E-state index is -1.03. The third-order valence-electron chi connectivity index (χ3n) is 4.12. The molecule has 2 heterocycles. The first-order chi connectivity index (χ1) is 12.3. The number of piperidine rings is 1. The largest absolute Gasteiger partial charge is 0.480 e. The Bertz CT molecular complexity index is 952. The number of rotatable bonds is 4. The standard InChI is InChI=1S/C16H15BrN4O5/c1-7-18-13-8(2-3-9(17)14(13)21(7)6-12(23)24)15(25)19-10-4-5-11(22)20-16(10)26/h2-3,10H,4-6H2,1H3,(H,19,25)(H,23,24)(H,20,22,26). The van der Waals surface area contributed by atoms with Crippen molar-refractivity contribution in [2.24, 2.45) is 0 Å². The Hall–Kier alpha value is -2.75. The van der Waals surface area contributed by atoms with E-state index in [4.69, 9.17) is 5.11 Å². The van der Waals surface area contributed by atoms with E-state index < -0.39 is 23.8 Å². The molecule has 3 N–H and O–H groups in total. The number of nitrogens with zero attached hydrogens (tertiary/aromatic N) is 2. The van der Waals surface area contributed by atoms with Crippen LogP contribution >= 0.6 is 15.9 Å². The predicted molar refractivity (Wildman–Crippen MR) is 93.4 cm³/mol. The Morgan fingerprint density at radius 3 is 2.81 bits per heavy atom. The second-order valence-corrected chi connectivity index (χ2v) is 6.76. The summed E-state index contributed by atoms with van der Waals surface area (Å²) in [4.78, 5) is 51.1. The molecule has 136 valence electrons. The highest BCUT2D eigenvalue weighted by molar-refractivity contribution is 9.10. The molecule has 10 heteroatoms. The maximum atomic E-state index is 12.7. The van der Waals surface area contributed by atoms with E-state index >= 15 is 0 Å². The van der Waals surface area contributed by atoms with E-state index in [-0.39, 0.29) is 30.9 Å². The maximum Gasteiger partial charge on any atom is 0.323 e. The Labute approximate surface area is 155 Å². The first kappa shape index (κ1) is 18.1. The van der Waals surface area contributed by atoms with E-state index in [9.17, 15) is 19.2 Å². The summed E-state index contributed by atoms with van der Waals surface area (Å²) in [5, 5.41) is 13.9. The number of carboxylic acids is 1. The van der Waals surface area contributed by atoms with E-state index in [1.54, 1.807) is 19.1 Å². The van der Waals surface area contributed by atoms with Gasteiger partial charge >= 0.3 is 5.97 Å². The molecule has 0 radical (unpaired) electrons. The lowest BCUT2D eigenvalue weighted by molar-refractivity contribution is -0.138. The first-order valence-corrected chi connectivity index (χ1v) is 8.59. The van der Waals surface area contributed by atoms with Gasteiger partial charge in [-0.2, -0.15) is 0 Å². The van der Waals surface area contributed by atoms with Gasteiger partial charge in [0.1, 0.15) is 23.9 Å². The smallest absolute Gasteiger partial charge is 0.323 e. The number of hydrogen-bond donors (Lipinski definition) is 3. The number of benzene rings is 1. The summed E-state index contributed by atoms with van der Waals surface area (Å²) in [6.45, 7) is 1.36. The fourth-order valence-electron chi connectivity index (χ4n) is 2.89. The highest BCUT2D eigenvalue weighted by Gasteiger charge is 2.29. The summed E-state index contributed by atoms with van der Waals surface area (Å²) >= 11 is 3.36. The number of amides is 3. The van der Waals surface area contributed by atoms with Crippen LogP contribution in [0.4, 0.5) is 0 Å². The van der Waals surface area contributed by atoms with E-state index in [0.29, 0.717) is 21.3 Å². The molecule has 26 heavy (non-hydrogen) atoms. The zero-order valence-electron chi connectivity index (χ0n) is 13.7. The van der Waals surface area contributed by atoms with Crippen molar-refractivity contribution in [3.63, 3.8) is 0 Å². The minimum absolute atomic E-state index is 0.152. The number of halogens is 1. The van der Waals surface area contributed by atoms with Crippen LogP contribution in [0.5, 0.6) is 0 Å². The molecule has 3 rings (SSSR count). The van der Waals surface area contributed by atoms with Crippen LogP contribution in [0.25, 0.3) is 11.0 Å². The van der Waals surface area contributed by atoms with Gasteiger partial charge in [0, 0.05) is 10.9 Å². The first-order valence-electron chi connectivity index (χ1n) is 7.79. The van der Waals surface area contributed by atoms with Crippen molar-refractivity contribution in [2.75, 3.05) is 0 Å². The van der Waals surface area contributed by atoms with Gasteiger partial charge < -0.3 is 15.0 Å². The highest BCUT2D eigenvalue weighted by Crippen LogP contribution is 2.28. The number of carboxylic acid groups (broad SMARTS) is 1. The van der Waals surface area contributed by atoms with Gasteiger partial charge in [0.05, 0.1) is 11.1 Å².